The van der Waals surface area contributed by atoms with E-state index in [0.29, 0.717) is 0 Å². The van der Waals surface area contributed by atoms with Gasteiger partial charge in [0.25, 0.3) is 0 Å². The van der Waals surface area contributed by atoms with Crippen molar-refractivity contribution in [2.24, 2.45) is 0 Å². The third-order valence-corrected chi connectivity index (χ3v) is 6.58. The van der Waals surface area contributed by atoms with Gasteiger partial charge in [-0.15, -0.1) is 22.7 Å². The lowest BCUT2D eigenvalue weighted by Crippen LogP contribution is -1.93. The van der Waals surface area contributed by atoms with E-state index in [0.717, 1.165) is 44.3 Å². The molecule has 0 fully saturated rings. The first kappa shape index (κ1) is 15.9. The minimum absolute atomic E-state index is 0.954. The van der Waals surface area contributed by atoms with Crippen LogP contribution in [0.2, 0.25) is 0 Å². The third kappa shape index (κ3) is 2.37. The number of para-hydroxylation sites is 3. The molecule has 3 heterocycles. The molecule has 0 unspecified atom stereocenters. The number of fused-ring (bicyclic) bond motifs is 3. The smallest absolute Gasteiger partial charge is 0.0906 e. The molecule has 0 spiro atoms. The van der Waals surface area contributed by atoms with E-state index in [1.165, 1.54) is 9.40 Å². The maximum absolute atomic E-state index is 5.08. The van der Waals surface area contributed by atoms with Crippen LogP contribution < -0.4 is 0 Å². The molecule has 0 amide bonds. The van der Waals surface area contributed by atoms with Crippen molar-refractivity contribution < 1.29 is 0 Å². The summed E-state index contributed by atoms with van der Waals surface area (Å²) < 4.78 is 2.36. The van der Waals surface area contributed by atoms with Crippen molar-refractivity contribution in [1.29, 1.82) is 0 Å². The first-order valence-corrected chi connectivity index (χ1v) is 10.7. The summed E-state index contributed by atoms with van der Waals surface area (Å²) >= 11 is 3.32. The summed E-state index contributed by atoms with van der Waals surface area (Å²) in [5, 5.41) is 1.12. The van der Waals surface area contributed by atoms with Gasteiger partial charge in [0.15, 0.2) is 0 Å². The topological polar surface area (TPSA) is 38.7 Å². The molecule has 0 saturated carbocycles. The van der Waals surface area contributed by atoms with Crippen LogP contribution in [-0.2, 0) is 0 Å². The second-order valence-corrected chi connectivity index (χ2v) is 8.36. The Bertz CT molecular complexity index is 1370. The van der Waals surface area contributed by atoms with E-state index in [9.17, 15) is 0 Å². The molecule has 0 bridgehead atoms. The molecular formula is C23H13N3S2. The van der Waals surface area contributed by atoms with Crippen molar-refractivity contribution in [3.63, 3.8) is 0 Å². The molecule has 0 aliphatic rings. The number of benzene rings is 3. The number of hydrogen-bond acceptors (Lipinski definition) is 5. The molecule has 132 valence electrons. The Balaban J connectivity index is 1.76. The normalized spacial score (nSPS) is 11.6. The van der Waals surface area contributed by atoms with Gasteiger partial charge in [-0.25, -0.2) is 15.0 Å². The average molecular weight is 396 g/mol. The Hall–Kier alpha value is -3.15. The van der Waals surface area contributed by atoms with Gasteiger partial charge in [0, 0.05) is 22.1 Å². The van der Waals surface area contributed by atoms with Crippen molar-refractivity contribution in [2.75, 3.05) is 0 Å². The van der Waals surface area contributed by atoms with E-state index >= 15 is 0 Å². The molecule has 3 nitrogen and oxygen atoms in total. The number of aromatic nitrogens is 3. The number of hydrogen-bond donors (Lipinski definition) is 0. The van der Waals surface area contributed by atoms with Crippen molar-refractivity contribution >= 4 is 54.0 Å². The molecule has 6 rings (SSSR count). The van der Waals surface area contributed by atoms with Crippen LogP contribution in [0.1, 0.15) is 0 Å². The first-order valence-electron chi connectivity index (χ1n) is 8.93. The Morgan fingerprint density at radius 3 is 2.07 bits per heavy atom. The lowest BCUT2D eigenvalue weighted by Gasteiger charge is -2.12. The molecule has 0 aliphatic carbocycles. The molecule has 3 aromatic carbocycles. The van der Waals surface area contributed by atoms with Crippen LogP contribution in [0.15, 0.2) is 77.8 Å². The van der Waals surface area contributed by atoms with Gasteiger partial charge >= 0.3 is 0 Å². The SMILES string of the molecule is c1ccc2nc(-c3cccc4scnc34)c(-c3cccc4scnc34)cc2c1. The van der Waals surface area contributed by atoms with Crippen LogP contribution in [0.3, 0.4) is 0 Å². The zero-order valence-corrected chi connectivity index (χ0v) is 16.3. The highest BCUT2D eigenvalue weighted by molar-refractivity contribution is 7.17. The number of thiazole rings is 2. The number of nitrogens with zero attached hydrogens (tertiary/aromatic N) is 3. The largest absolute Gasteiger partial charge is 0.247 e. The van der Waals surface area contributed by atoms with Gasteiger partial charge in [-0.2, -0.15) is 0 Å². The van der Waals surface area contributed by atoms with Gasteiger partial charge in [0.1, 0.15) is 0 Å². The lowest BCUT2D eigenvalue weighted by atomic mass is 9.96. The molecule has 0 atom stereocenters. The van der Waals surface area contributed by atoms with Crippen LogP contribution in [0.5, 0.6) is 0 Å². The number of pyridine rings is 1. The lowest BCUT2D eigenvalue weighted by molar-refractivity contribution is 1.39. The Morgan fingerprint density at radius 1 is 0.607 bits per heavy atom. The van der Waals surface area contributed by atoms with E-state index in [-0.39, 0.29) is 0 Å². The molecule has 5 heteroatoms. The van der Waals surface area contributed by atoms with Gasteiger partial charge < -0.3 is 0 Å². The van der Waals surface area contributed by atoms with E-state index in [1.54, 1.807) is 22.7 Å². The maximum atomic E-state index is 5.08. The molecular weight excluding hydrogens is 382 g/mol. The number of rotatable bonds is 2. The maximum Gasteiger partial charge on any atom is 0.0906 e. The van der Waals surface area contributed by atoms with Crippen LogP contribution in [0.25, 0.3) is 53.7 Å². The van der Waals surface area contributed by atoms with Gasteiger partial charge in [0.2, 0.25) is 0 Å². The second kappa shape index (κ2) is 6.19. The van der Waals surface area contributed by atoms with Crippen molar-refractivity contribution in [2.45, 2.75) is 0 Å². The van der Waals surface area contributed by atoms with Crippen LogP contribution in [-0.4, -0.2) is 15.0 Å². The predicted molar refractivity (Wildman–Crippen MR) is 119 cm³/mol. The summed E-state index contributed by atoms with van der Waals surface area (Å²) in [4.78, 5) is 14.3. The molecule has 0 N–H and O–H groups in total. The van der Waals surface area contributed by atoms with Gasteiger partial charge in [-0.3, -0.25) is 0 Å². The van der Waals surface area contributed by atoms with Crippen molar-refractivity contribution in [3.05, 3.63) is 77.8 Å². The quantitative estimate of drug-likeness (QED) is 0.324. The zero-order valence-electron chi connectivity index (χ0n) is 14.7. The van der Waals surface area contributed by atoms with Crippen molar-refractivity contribution in [3.8, 4) is 22.4 Å². The van der Waals surface area contributed by atoms with Gasteiger partial charge in [-0.05, 0) is 24.3 Å². The Morgan fingerprint density at radius 2 is 1.29 bits per heavy atom. The summed E-state index contributed by atoms with van der Waals surface area (Å²) in [6, 6.07) is 23.1. The molecule has 6 aromatic rings. The highest BCUT2D eigenvalue weighted by Crippen LogP contribution is 2.39. The van der Waals surface area contributed by atoms with E-state index in [2.05, 4.69) is 70.6 Å². The average Bonchev–Trinajstić information content (AvgIpc) is 3.41. The van der Waals surface area contributed by atoms with Crippen molar-refractivity contribution in [1.82, 2.24) is 15.0 Å². The molecule has 28 heavy (non-hydrogen) atoms. The summed E-state index contributed by atoms with van der Waals surface area (Å²) in [6.07, 6.45) is 0. The molecule has 0 saturated heterocycles. The fourth-order valence-electron chi connectivity index (χ4n) is 3.71. The van der Waals surface area contributed by atoms with E-state index in [4.69, 9.17) is 4.98 Å². The van der Waals surface area contributed by atoms with E-state index in [1.807, 2.05) is 17.1 Å². The summed E-state index contributed by atoms with van der Waals surface area (Å²) in [7, 11) is 0. The van der Waals surface area contributed by atoms with Gasteiger partial charge in [-0.1, -0.05) is 42.5 Å². The molecule has 0 radical (unpaired) electrons. The van der Waals surface area contributed by atoms with Crippen LogP contribution in [0, 0.1) is 0 Å². The fourth-order valence-corrected chi connectivity index (χ4v) is 5.11. The predicted octanol–water partition coefficient (Wildman–Crippen LogP) is 6.79. The minimum Gasteiger partial charge on any atom is -0.247 e. The highest BCUT2D eigenvalue weighted by Gasteiger charge is 2.17. The highest BCUT2D eigenvalue weighted by atomic mass is 32.1. The second-order valence-electron chi connectivity index (χ2n) is 6.59. The summed E-state index contributed by atoms with van der Waals surface area (Å²) in [5.74, 6) is 0. The van der Waals surface area contributed by atoms with Crippen LogP contribution in [0.4, 0.5) is 0 Å². The Kier molecular flexibility index (Phi) is 3.51. The monoisotopic (exact) mass is 395 g/mol. The first-order chi connectivity index (χ1) is 13.9. The Labute approximate surface area is 169 Å². The standard InChI is InChI=1S/C23H13N3S2/c1-2-8-18-14(5-1)11-17(15-6-3-9-19-22(15)24-12-27-19)21(26-18)16-7-4-10-20-23(16)25-13-28-20/h1-13H. The zero-order chi connectivity index (χ0) is 18.5. The van der Waals surface area contributed by atoms with E-state index < -0.39 is 0 Å². The molecule has 3 aromatic heterocycles. The fraction of sp³-hybridized carbons (Fsp3) is 0. The minimum atomic E-state index is 0.954. The summed E-state index contributed by atoms with van der Waals surface area (Å²) in [6.45, 7) is 0. The summed E-state index contributed by atoms with van der Waals surface area (Å²) in [5.41, 5.74) is 11.0. The van der Waals surface area contributed by atoms with Gasteiger partial charge in [0.05, 0.1) is 42.7 Å². The van der Waals surface area contributed by atoms with Crippen LogP contribution >= 0.6 is 22.7 Å². The molecule has 0 aliphatic heterocycles. The third-order valence-electron chi connectivity index (χ3n) is 4.99.